The van der Waals surface area contributed by atoms with Crippen molar-refractivity contribution in [1.82, 2.24) is 19.8 Å². The zero-order valence-electron chi connectivity index (χ0n) is 17.7. The summed E-state index contributed by atoms with van der Waals surface area (Å²) in [7, 11) is 3.91. The first kappa shape index (κ1) is 22.8. The average Bonchev–Trinajstić information content (AvgIpc) is 3.09. The predicted octanol–water partition coefficient (Wildman–Crippen LogP) is 3.73. The fourth-order valence-electron chi connectivity index (χ4n) is 3.44. The number of rotatable bonds is 9. The molecule has 2 N–H and O–H groups in total. The number of carbonyl (C=O) groups excluding carboxylic acids is 1. The highest BCUT2D eigenvalue weighted by molar-refractivity contribution is 5.78. The maximum absolute atomic E-state index is 13.4. The van der Waals surface area contributed by atoms with Gasteiger partial charge in [0.1, 0.15) is 11.4 Å². The van der Waals surface area contributed by atoms with Crippen molar-refractivity contribution in [2.24, 2.45) is 0 Å². The second-order valence-electron chi connectivity index (χ2n) is 7.78. The quantitative estimate of drug-likeness (QED) is 0.584. The summed E-state index contributed by atoms with van der Waals surface area (Å²) in [6.07, 6.45) is -1.88. The molecule has 1 amide bonds. The summed E-state index contributed by atoms with van der Waals surface area (Å²) >= 11 is 0. The standard InChI is InChI=1S/C21H27F3N6O/c1-29(2)14-15-6-3-7-16(12-15)27-20-26-13-17(21(22,23)24)19(28-20)25-9-5-11-30-10-4-8-18(30)31/h3,6-7,12-13H,4-5,8-11,14H2,1-2H3,(H2,25,26,27,28). The normalized spacial score (nSPS) is 14.4. The number of hydrogen-bond donors (Lipinski definition) is 2. The van der Waals surface area contributed by atoms with Gasteiger partial charge in [0.2, 0.25) is 11.9 Å². The van der Waals surface area contributed by atoms with E-state index < -0.39 is 11.7 Å². The zero-order chi connectivity index (χ0) is 22.4. The number of nitrogens with one attached hydrogen (secondary N) is 2. The number of carbonyl (C=O) groups is 1. The number of amides is 1. The van der Waals surface area contributed by atoms with Gasteiger partial charge in [-0.1, -0.05) is 12.1 Å². The minimum Gasteiger partial charge on any atom is -0.369 e. The summed E-state index contributed by atoms with van der Waals surface area (Å²) in [4.78, 5) is 23.3. The Kier molecular flexibility index (Phi) is 7.32. The van der Waals surface area contributed by atoms with Crippen molar-refractivity contribution in [2.45, 2.75) is 32.0 Å². The van der Waals surface area contributed by atoms with Crippen molar-refractivity contribution < 1.29 is 18.0 Å². The van der Waals surface area contributed by atoms with E-state index in [0.29, 0.717) is 31.6 Å². The van der Waals surface area contributed by atoms with Gasteiger partial charge >= 0.3 is 6.18 Å². The molecule has 2 aromatic rings. The number of anilines is 3. The number of alkyl halides is 3. The molecule has 3 rings (SSSR count). The minimum absolute atomic E-state index is 0.0761. The number of nitrogens with zero attached hydrogens (tertiary/aromatic N) is 4. The molecule has 31 heavy (non-hydrogen) atoms. The number of aromatic nitrogens is 2. The molecule has 0 bridgehead atoms. The van der Waals surface area contributed by atoms with Crippen molar-refractivity contribution in [3.05, 3.63) is 41.6 Å². The van der Waals surface area contributed by atoms with Crippen LogP contribution in [0.2, 0.25) is 0 Å². The largest absolute Gasteiger partial charge is 0.421 e. The van der Waals surface area contributed by atoms with Crippen LogP contribution >= 0.6 is 0 Å². The number of hydrogen-bond acceptors (Lipinski definition) is 6. The lowest BCUT2D eigenvalue weighted by Gasteiger charge is -2.17. The predicted molar refractivity (Wildman–Crippen MR) is 113 cm³/mol. The van der Waals surface area contributed by atoms with E-state index in [1.54, 1.807) is 11.0 Å². The smallest absolute Gasteiger partial charge is 0.369 e. The monoisotopic (exact) mass is 436 g/mol. The molecule has 168 valence electrons. The first-order valence-corrected chi connectivity index (χ1v) is 10.2. The van der Waals surface area contributed by atoms with E-state index in [1.807, 2.05) is 37.2 Å². The summed E-state index contributed by atoms with van der Waals surface area (Å²) < 4.78 is 40.2. The summed E-state index contributed by atoms with van der Waals surface area (Å²) in [6.45, 7) is 2.22. The van der Waals surface area contributed by atoms with Crippen LogP contribution in [-0.2, 0) is 17.5 Å². The SMILES string of the molecule is CN(C)Cc1cccc(Nc2ncc(C(F)(F)F)c(NCCCN3CCCC3=O)n2)c1. The van der Waals surface area contributed by atoms with E-state index in [9.17, 15) is 18.0 Å². The summed E-state index contributed by atoms with van der Waals surface area (Å²) in [5.74, 6) is -0.101. The van der Waals surface area contributed by atoms with Gasteiger partial charge in [0, 0.05) is 44.5 Å². The first-order chi connectivity index (χ1) is 14.7. The third-order valence-electron chi connectivity index (χ3n) is 4.84. The van der Waals surface area contributed by atoms with Gasteiger partial charge in [-0.3, -0.25) is 4.79 Å². The number of likely N-dealkylation sites (tertiary alicyclic amines) is 1. The van der Waals surface area contributed by atoms with Gasteiger partial charge < -0.3 is 20.4 Å². The Labute approximate surface area is 179 Å². The molecule has 1 aliphatic rings. The van der Waals surface area contributed by atoms with Crippen molar-refractivity contribution in [1.29, 1.82) is 0 Å². The van der Waals surface area contributed by atoms with Crippen molar-refractivity contribution in [2.75, 3.05) is 44.4 Å². The molecular weight excluding hydrogens is 409 g/mol. The third kappa shape index (κ3) is 6.55. The second-order valence-corrected chi connectivity index (χ2v) is 7.78. The third-order valence-corrected chi connectivity index (χ3v) is 4.84. The lowest BCUT2D eigenvalue weighted by molar-refractivity contribution is -0.137. The Bertz CT molecular complexity index is 903. The Morgan fingerprint density at radius 1 is 1.26 bits per heavy atom. The van der Waals surface area contributed by atoms with Crippen LogP contribution in [0, 0.1) is 0 Å². The minimum atomic E-state index is -4.57. The Morgan fingerprint density at radius 2 is 2.06 bits per heavy atom. The van der Waals surface area contributed by atoms with Gasteiger partial charge in [-0.05, 0) is 44.6 Å². The van der Waals surface area contributed by atoms with Gasteiger partial charge in [-0.25, -0.2) is 4.98 Å². The van der Waals surface area contributed by atoms with E-state index in [0.717, 1.165) is 24.7 Å². The van der Waals surface area contributed by atoms with Crippen LogP contribution in [0.15, 0.2) is 30.5 Å². The van der Waals surface area contributed by atoms with Crippen LogP contribution in [0.25, 0.3) is 0 Å². The van der Waals surface area contributed by atoms with Crippen LogP contribution in [0.3, 0.4) is 0 Å². The first-order valence-electron chi connectivity index (χ1n) is 10.2. The number of benzene rings is 1. The molecule has 0 aliphatic carbocycles. The van der Waals surface area contributed by atoms with Crippen molar-refractivity contribution >= 4 is 23.4 Å². The molecule has 1 saturated heterocycles. The van der Waals surface area contributed by atoms with Crippen LogP contribution in [0.5, 0.6) is 0 Å². The zero-order valence-corrected chi connectivity index (χ0v) is 17.7. The highest BCUT2D eigenvalue weighted by Crippen LogP contribution is 2.34. The van der Waals surface area contributed by atoms with Crippen LogP contribution < -0.4 is 10.6 Å². The van der Waals surface area contributed by atoms with Gasteiger partial charge in [-0.15, -0.1) is 0 Å². The molecule has 7 nitrogen and oxygen atoms in total. The fourth-order valence-corrected chi connectivity index (χ4v) is 3.44. The summed E-state index contributed by atoms with van der Waals surface area (Å²) in [6, 6.07) is 7.54. The molecule has 1 aromatic carbocycles. The van der Waals surface area contributed by atoms with Gasteiger partial charge in [0.25, 0.3) is 0 Å². The van der Waals surface area contributed by atoms with Crippen molar-refractivity contribution in [3.63, 3.8) is 0 Å². The van der Waals surface area contributed by atoms with E-state index in [-0.39, 0.29) is 24.2 Å². The molecule has 0 unspecified atom stereocenters. The van der Waals surface area contributed by atoms with E-state index in [2.05, 4.69) is 20.6 Å². The highest BCUT2D eigenvalue weighted by Gasteiger charge is 2.35. The van der Waals surface area contributed by atoms with Gasteiger partial charge in [0.05, 0.1) is 0 Å². The molecule has 1 aromatic heterocycles. The van der Waals surface area contributed by atoms with Crippen molar-refractivity contribution in [3.8, 4) is 0 Å². The summed E-state index contributed by atoms with van der Waals surface area (Å²) in [5, 5.41) is 5.74. The maximum atomic E-state index is 13.4. The van der Waals surface area contributed by atoms with E-state index in [1.165, 1.54) is 0 Å². The van der Waals surface area contributed by atoms with E-state index in [4.69, 9.17) is 0 Å². The average molecular weight is 436 g/mol. The van der Waals surface area contributed by atoms with Crippen LogP contribution in [0.4, 0.5) is 30.6 Å². The topological polar surface area (TPSA) is 73.4 Å². The Balaban J connectivity index is 1.68. The molecule has 0 saturated carbocycles. The lowest BCUT2D eigenvalue weighted by Crippen LogP contribution is -2.27. The molecule has 1 aliphatic heterocycles. The van der Waals surface area contributed by atoms with Gasteiger partial charge in [0.15, 0.2) is 0 Å². The highest BCUT2D eigenvalue weighted by atomic mass is 19.4. The Morgan fingerprint density at radius 3 is 2.74 bits per heavy atom. The summed E-state index contributed by atoms with van der Waals surface area (Å²) in [5.41, 5.74) is 0.825. The second kappa shape index (κ2) is 9.95. The molecule has 2 heterocycles. The molecule has 0 atom stereocenters. The van der Waals surface area contributed by atoms with Crippen LogP contribution in [-0.4, -0.2) is 59.4 Å². The molecule has 10 heteroatoms. The molecule has 0 spiro atoms. The van der Waals surface area contributed by atoms with E-state index >= 15 is 0 Å². The van der Waals surface area contributed by atoms with Gasteiger partial charge in [-0.2, -0.15) is 18.2 Å². The molecule has 0 radical (unpaired) electrons. The molecule has 1 fully saturated rings. The number of halogens is 3. The Hall–Kier alpha value is -2.88. The maximum Gasteiger partial charge on any atom is 0.421 e. The molecular formula is C21H27F3N6O. The lowest BCUT2D eigenvalue weighted by atomic mass is 10.2. The van der Waals surface area contributed by atoms with Crippen LogP contribution in [0.1, 0.15) is 30.4 Å². The fraction of sp³-hybridized carbons (Fsp3) is 0.476.